The van der Waals surface area contributed by atoms with E-state index in [9.17, 15) is 9.59 Å². The predicted octanol–water partition coefficient (Wildman–Crippen LogP) is 1.26. The molecule has 0 aliphatic rings. The summed E-state index contributed by atoms with van der Waals surface area (Å²) in [5.41, 5.74) is 6.64. The van der Waals surface area contributed by atoms with E-state index in [0.29, 0.717) is 11.3 Å². The summed E-state index contributed by atoms with van der Waals surface area (Å²) < 4.78 is 0. The van der Waals surface area contributed by atoms with Gasteiger partial charge in [-0.15, -0.1) is 0 Å². The van der Waals surface area contributed by atoms with Gasteiger partial charge in [-0.05, 0) is 36.9 Å². The number of amides is 2. The van der Waals surface area contributed by atoms with E-state index in [1.165, 1.54) is 0 Å². The Balaban J connectivity index is 2.40. The van der Waals surface area contributed by atoms with Crippen molar-refractivity contribution in [1.29, 1.82) is 0 Å². The normalized spacial score (nSPS) is 11.7. The molecule has 1 aromatic carbocycles. The maximum Gasteiger partial charge on any atom is 0.251 e. The Labute approximate surface area is 123 Å². The third-order valence-electron chi connectivity index (χ3n) is 2.81. The van der Waals surface area contributed by atoms with Gasteiger partial charge in [0.1, 0.15) is 0 Å². The maximum atomic E-state index is 11.8. The molecular weight excluding hydrogens is 274 g/mol. The maximum absolute atomic E-state index is 11.8. The molecule has 2 amide bonds. The van der Waals surface area contributed by atoms with E-state index >= 15 is 0 Å². The predicted molar refractivity (Wildman–Crippen MR) is 83.8 cm³/mol. The first-order valence-electron chi connectivity index (χ1n) is 6.48. The van der Waals surface area contributed by atoms with Gasteiger partial charge in [0.25, 0.3) is 5.91 Å². The van der Waals surface area contributed by atoms with Crippen LogP contribution in [0.15, 0.2) is 24.3 Å². The lowest BCUT2D eigenvalue weighted by Crippen LogP contribution is -2.42. The smallest absolute Gasteiger partial charge is 0.251 e. The van der Waals surface area contributed by atoms with Gasteiger partial charge in [0.05, 0.1) is 6.54 Å². The van der Waals surface area contributed by atoms with E-state index < -0.39 is 0 Å². The van der Waals surface area contributed by atoms with Crippen LogP contribution in [0.5, 0.6) is 0 Å². The van der Waals surface area contributed by atoms with Crippen molar-refractivity contribution >= 4 is 29.3 Å². The molecule has 0 saturated carbocycles. The molecule has 0 aromatic heterocycles. The van der Waals surface area contributed by atoms with E-state index in [4.69, 9.17) is 5.73 Å². The molecule has 110 valence electrons. The first kappa shape index (κ1) is 16.4. The lowest BCUT2D eigenvalue weighted by molar-refractivity contribution is -0.120. The van der Waals surface area contributed by atoms with Crippen molar-refractivity contribution in [3.8, 4) is 0 Å². The molecule has 0 bridgehead atoms. The highest BCUT2D eigenvalue weighted by Gasteiger charge is 2.11. The monoisotopic (exact) mass is 295 g/mol. The van der Waals surface area contributed by atoms with Gasteiger partial charge < -0.3 is 16.4 Å². The minimum Gasteiger partial charge on any atom is -0.399 e. The van der Waals surface area contributed by atoms with Gasteiger partial charge in [-0.3, -0.25) is 9.59 Å². The van der Waals surface area contributed by atoms with Crippen LogP contribution < -0.4 is 16.4 Å². The Morgan fingerprint density at radius 2 is 1.95 bits per heavy atom. The fraction of sp³-hybridized carbons (Fsp3) is 0.429. The molecule has 0 fully saturated rings. The van der Waals surface area contributed by atoms with Crippen molar-refractivity contribution in [3.05, 3.63) is 29.8 Å². The van der Waals surface area contributed by atoms with Crippen LogP contribution in [0.25, 0.3) is 0 Å². The van der Waals surface area contributed by atoms with Gasteiger partial charge >= 0.3 is 0 Å². The molecule has 1 aromatic rings. The summed E-state index contributed by atoms with van der Waals surface area (Å²) in [6, 6.07) is 6.71. The average molecular weight is 295 g/mol. The number of carbonyl (C=O) groups is 2. The number of anilines is 1. The van der Waals surface area contributed by atoms with Gasteiger partial charge in [0.15, 0.2) is 0 Å². The lowest BCUT2D eigenvalue weighted by atomic mass is 10.2. The Bertz CT molecular complexity index is 448. The summed E-state index contributed by atoms with van der Waals surface area (Å²) in [5.74, 6) is 0.418. The second kappa shape index (κ2) is 8.47. The number of nitrogens with one attached hydrogen (secondary N) is 2. The SMILES string of the molecule is CCC(CSC)NC(=O)CNC(=O)c1ccc(N)cc1. The topological polar surface area (TPSA) is 84.2 Å². The minimum atomic E-state index is -0.280. The Morgan fingerprint density at radius 1 is 1.30 bits per heavy atom. The van der Waals surface area contributed by atoms with Crippen molar-refractivity contribution in [1.82, 2.24) is 10.6 Å². The van der Waals surface area contributed by atoms with Gasteiger partial charge in [0.2, 0.25) is 5.91 Å². The number of hydrogen-bond acceptors (Lipinski definition) is 4. The number of benzene rings is 1. The van der Waals surface area contributed by atoms with Crippen LogP contribution >= 0.6 is 11.8 Å². The van der Waals surface area contributed by atoms with Crippen LogP contribution in [-0.4, -0.2) is 36.4 Å². The summed E-state index contributed by atoms with van der Waals surface area (Å²) in [5, 5.41) is 5.48. The third-order valence-corrected chi connectivity index (χ3v) is 3.54. The molecule has 0 radical (unpaired) electrons. The average Bonchev–Trinajstić information content (AvgIpc) is 2.45. The second-order valence-electron chi connectivity index (χ2n) is 4.43. The van der Waals surface area contributed by atoms with E-state index in [0.717, 1.165) is 12.2 Å². The summed E-state index contributed by atoms with van der Waals surface area (Å²) in [6.45, 7) is 2.00. The van der Waals surface area contributed by atoms with E-state index in [2.05, 4.69) is 10.6 Å². The molecule has 0 aliphatic heterocycles. The summed E-state index contributed by atoms with van der Waals surface area (Å²) in [4.78, 5) is 23.5. The first-order valence-corrected chi connectivity index (χ1v) is 7.88. The molecule has 5 nitrogen and oxygen atoms in total. The highest BCUT2D eigenvalue weighted by atomic mass is 32.2. The highest BCUT2D eigenvalue weighted by Crippen LogP contribution is 2.05. The zero-order valence-electron chi connectivity index (χ0n) is 11.8. The van der Waals surface area contributed by atoms with Gasteiger partial charge in [-0.2, -0.15) is 11.8 Å². The molecule has 1 atom stereocenters. The minimum absolute atomic E-state index is 0.0198. The molecule has 0 aliphatic carbocycles. The largest absolute Gasteiger partial charge is 0.399 e. The third kappa shape index (κ3) is 5.52. The standard InChI is InChI=1S/C14H21N3O2S/c1-3-12(9-20-2)17-13(18)8-16-14(19)10-4-6-11(15)7-5-10/h4-7,12H,3,8-9,15H2,1-2H3,(H,16,19)(H,17,18). The molecule has 6 heteroatoms. The number of thioether (sulfide) groups is 1. The van der Waals surface area contributed by atoms with E-state index in [-0.39, 0.29) is 24.4 Å². The van der Waals surface area contributed by atoms with E-state index in [1.54, 1.807) is 36.0 Å². The van der Waals surface area contributed by atoms with Crippen LogP contribution in [0.2, 0.25) is 0 Å². The van der Waals surface area contributed by atoms with E-state index in [1.807, 2.05) is 13.2 Å². The van der Waals surface area contributed by atoms with Crippen molar-refractivity contribution in [2.45, 2.75) is 19.4 Å². The summed E-state index contributed by atoms with van der Waals surface area (Å²) in [7, 11) is 0. The Hall–Kier alpha value is -1.69. The summed E-state index contributed by atoms with van der Waals surface area (Å²) >= 11 is 1.68. The second-order valence-corrected chi connectivity index (χ2v) is 5.34. The summed E-state index contributed by atoms with van der Waals surface area (Å²) in [6.07, 6.45) is 2.87. The molecule has 0 spiro atoms. The van der Waals surface area contributed by atoms with Crippen LogP contribution in [0.4, 0.5) is 5.69 Å². The molecule has 20 heavy (non-hydrogen) atoms. The van der Waals surface area contributed by atoms with Crippen molar-refractivity contribution in [2.24, 2.45) is 0 Å². The lowest BCUT2D eigenvalue weighted by Gasteiger charge is -2.15. The van der Waals surface area contributed by atoms with Crippen LogP contribution in [0.1, 0.15) is 23.7 Å². The molecule has 0 saturated heterocycles. The van der Waals surface area contributed by atoms with Gasteiger partial charge in [-0.25, -0.2) is 0 Å². The first-order chi connectivity index (χ1) is 9.56. The number of rotatable bonds is 7. The number of nitrogen functional groups attached to an aromatic ring is 1. The molecular formula is C14H21N3O2S. The molecule has 1 rings (SSSR count). The van der Waals surface area contributed by atoms with Gasteiger partial charge in [0, 0.05) is 23.0 Å². The highest BCUT2D eigenvalue weighted by molar-refractivity contribution is 7.98. The number of carbonyl (C=O) groups excluding carboxylic acids is 2. The van der Waals surface area contributed by atoms with Crippen molar-refractivity contribution < 1.29 is 9.59 Å². The fourth-order valence-corrected chi connectivity index (χ4v) is 2.36. The van der Waals surface area contributed by atoms with Crippen molar-refractivity contribution in [2.75, 3.05) is 24.3 Å². The van der Waals surface area contributed by atoms with Crippen LogP contribution in [-0.2, 0) is 4.79 Å². The van der Waals surface area contributed by atoms with Crippen LogP contribution in [0.3, 0.4) is 0 Å². The quantitative estimate of drug-likeness (QED) is 0.661. The zero-order chi connectivity index (χ0) is 15.0. The van der Waals surface area contributed by atoms with Crippen LogP contribution in [0, 0.1) is 0 Å². The molecule has 1 unspecified atom stereocenters. The Morgan fingerprint density at radius 3 is 2.50 bits per heavy atom. The zero-order valence-corrected chi connectivity index (χ0v) is 12.6. The molecule has 0 heterocycles. The number of nitrogens with two attached hydrogens (primary N) is 1. The number of hydrogen-bond donors (Lipinski definition) is 3. The Kier molecular flexibility index (Phi) is 6.93. The van der Waals surface area contributed by atoms with Crippen molar-refractivity contribution in [3.63, 3.8) is 0 Å². The van der Waals surface area contributed by atoms with Gasteiger partial charge in [-0.1, -0.05) is 6.92 Å². The fourth-order valence-electron chi connectivity index (χ4n) is 1.64. The molecule has 4 N–H and O–H groups in total.